The van der Waals surface area contributed by atoms with E-state index in [1.54, 1.807) is 0 Å². The summed E-state index contributed by atoms with van der Waals surface area (Å²) in [6.07, 6.45) is 9.12. The average molecular weight is 328 g/mol. The Labute approximate surface area is 142 Å². The van der Waals surface area contributed by atoms with Crippen LogP contribution in [0, 0.1) is 5.82 Å². The van der Waals surface area contributed by atoms with Gasteiger partial charge >= 0.3 is 11.8 Å². The molecule has 0 saturated carbocycles. The van der Waals surface area contributed by atoms with E-state index in [1.807, 2.05) is 96.2 Å². The minimum Gasteiger partial charge on any atom is -0.465 e. The number of hydrogen-bond acceptors (Lipinski definition) is 4. The highest BCUT2D eigenvalue weighted by Crippen LogP contribution is 2.08. The fourth-order valence-corrected chi connectivity index (χ4v) is 2.19. The van der Waals surface area contributed by atoms with Gasteiger partial charge in [0.25, 0.3) is 0 Å². The van der Waals surface area contributed by atoms with E-state index in [-0.39, 0.29) is 0 Å². The van der Waals surface area contributed by atoms with Gasteiger partial charge in [-0.1, -0.05) is 0 Å². The molecular formula is C18H24N4O2+2. The quantitative estimate of drug-likeness (QED) is 0.461. The summed E-state index contributed by atoms with van der Waals surface area (Å²) in [5.41, 5.74) is 2.16. The van der Waals surface area contributed by atoms with Crippen molar-refractivity contribution in [1.29, 1.82) is 0 Å². The third kappa shape index (κ3) is 4.10. The van der Waals surface area contributed by atoms with Crippen molar-refractivity contribution >= 4 is 17.3 Å². The van der Waals surface area contributed by atoms with Crippen LogP contribution in [0.4, 0.5) is 11.4 Å². The zero-order valence-electron chi connectivity index (χ0n) is 14.8. The SMILES string of the molecule is COC(=O)C=C([n+]1ccc(N(C)C)cc1)[n+]1ccc(N(C)C)cc1. The Balaban J connectivity index is 2.45. The molecule has 6 heteroatoms. The zero-order chi connectivity index (χ0) is 17.7. The van der Waals surface area contributed by atoms with Crippen LogP contribution < -0.4 is 18.9 Å². The van der Waals surface area contributed by atoms with E-state index >= 15 is 0 Å². The Morgan fingerprint density at radius 2 is 1.25 bits per heavy atom. The maximum absolute atomic E-state index is 11.8. The highest BCUT2D eigenvalue weighted by molar-refractivity contribution is 5.81. The van der Waals surface area contributed by atoms with Gasteiger partial charge < -0.3 is 14.5 Å². The summed E-state index contributed by atoms with van der Waals surface area (Å²) in [7, 11) is 9.31. The first-order valence-electron chi connectivity index (χ1n) is 7.60. The fourth-order valence-electron chi connectivity index (χ4n) is 2.19. The lowest BCUT2D eigenvalue weighted by atomic mass is 10.3. The van der Waals surface area contributed by atoms with Crippen LogP contribution in [0.2, 0.25) is 0 Å². The molecule has 2 aromatic rings. The smallest absolute Gasteiger partial charge is 0.461 e. The molecule has 0 aliphatic heterocycles. The first-order chi connectivity index (χ1) is 11.4. The number of rotatable bonds is 5. The fraction of sp³-hybridized carbons (Fsp3) is 0.278. The molecule has 2 heterocycles. The van der Waals surface area contributed by atoms with E-state index in [9.17, 15) is 4.79 Å². The number of ether oxygens (including phenoxy) is 1. The van der Waals surface area contributed by atoms with Crippen LogP contribution in [0.15, 0.2) is 55.1 Å². The van der Waals surface area contributed by atoms with Crippen molar-refractivity contribution in [3.05, 3.63) is 60.9 Å². The van der Waals surface area contributed by atoms with Crippen molar-refractivity contribution in [3.8, 4) is 0 Å². The minimum atomic E-state index is -0.404. The maximum atomic E-state index is 11.8. The van der Waals surface area contributed by atoms with E-state index < -0.39 is 5.97 Å². The highest BCUT2D eigenvalue weighted by atomic mass is 16.5. The lowest BCUT2D eigenvalue weighted by molar-refractivity contribution is -0.836. The average Bonchev–Trinajstić information content (AvgIpc) is 2.59. The molecule has 0 N–H and O–H groups in total. The first kappa shape index (κ1) is 17.5. The molecule has 2 rings (SSSR count). The van der Waals surface area contributed by atoms with E-state index in [2.05, 4.69) is 0 Å². The topological polar surface area (TPSA) is 40.5 Å². The molecule has 0 atom stereocenters. The third-order valence-corrected chi connectivity index (χ3v) is 3.63. The second-order valence-electron chi connectivity index (χ2n) is 5.74. The Kier molecular flexibility index (Phi) is 5.52. The predicted octanol–water partition coefficient (Wildman–Crippen LogP) is 0.731. The maximum Gasteiger partial charge on any atom is 0.461 e. The number of hydrogen-bond donors (Lipinski definition) is 0. The summed E-state index contributed by atoms with van der Waals surface area (Å²) in [5.74, 6) is 0.274. The normalized spacial score (nSPS) is 10.0. The van der Waals surface area contributed by atoms with Crippen LogP contribution >= 0.6 is 0 Å². The molecular weight excluding hydrogens is 304 g/mol. The standard InChI is InChI=1S/C18H24N4O2/c1-19(2)15-6-10-21(11-7-15)17(14-18(23)24-5)22-12-8-16(9-13-22)20(3)4/h6-14H,1-5H3/q+2. The van der Waals surface area contributed by atoms with Crippen molar-refractivity contribution in [3.63, 3.8) is 0 Å². The summed E-state index contributed by atoms with van der Waals surface area (Å²) < 4.78 is 8.54. The van der Waals surface area contributed by atoms with Crippen LogP contribution in [0.1, 0.15) is 0 Å². The van der Waals surface area contributed by atoms with Gasteiger partial charge in [-0.2, -0.15) is 0 Å². The molecule has 0 radical (unpaired) electrons. The van der Waals surface area contributed by atoms with Crippen molar-refractivity contribution in [1.82, 2.24) is 0 Å². The summed E-state index contributed by atoms with van der Waals surface area (Å²) in [6.45, 7) is 0. The van der Waals surface area contributed by atoms with Gasteiger partial charge in [-0.25, -0.2) is 4.79 Å². The Morgan fingerprint density at radius 3 is 1.54 bits per heavy atom. The molecule has 0 aliphatic rings. The first-order valence-corrected chi connectivity index (χ1v) is 7.60. The van der Waals surface area contributed by atoms with Crippen molar-refractivity contribution in [2.45, 2.75) is 0 Å². The van der Waals surface area contributed by atoms with Crippen LogP contribution in [-0.4, -0.2) is 41.3 Å². The summed E-state index contributed by atoms with van der Waals surface area (Å²) in [6, 6.07) is 7.94. The molecule has 0 unspecified atom stereocenters. The summed E-state index contributed by atoms with van der Waals surface area (Å²) in [5, 5.41) is 0. The summed E-state index contributed by atoms with van der Waals surface area (Å²) >= 11 is 0. The number of aromatic nitrogens is 2. The largest absolute Gasteiger partial charge is 0.465 e. The van der Waals surface area contributed by atoms with Gasteiger partial charge in [-0.15, -0.1) is 9.13 Å². The summed E-state index contributed by atoms with van der Waals surface area (Å²) in [4.78, 5) is 15.8. The third-order valence-electron chi connectivity index (χ3n) is 3.63. The molecule has 0 amide bonds. The number of carbonyl (C=O) groups excluding carboxylic acids is 1. The monoisotopic (exact) mass is 328 g/mol. The van der Waals surface area contributed by atoms with Gasteiger partial charge in [-0.3, -0.25) is 0 Å². The molecule has 6 nitrogen and oxygen atoms in total. The Bertz CT molecular complexity index is 666. The minimum absolute atomic E-state index is 0.404. The molecule has 126 valence electrons. The van der Waals surface area contributed by atoms with Crippen molar-refractivity contribution < 1.29 is 18.7 Å². The second-order valence-corrected chi connectivity index (χ2v) is 5.74. The van der Waals surface area contributed by atoms with E-state index in [1.165, 1.54) is 13.2 Å². The van der Waals surface area contributed by atoms with Gasteiger partial charge in [0.1, 0.15) is 0 Å². The Morgan fingerprint density at radius 1 is 0.875 bits per heavy atom. The van der Waals surface area contributed by atoms with Gasteiger partial charge in [0, 0.05) is 63.8 Å². The van der Waals surface area contributed by atoms with Crippen LogP contribution in [0.25, 0.3) is 0 Å². The lowest BCUT2D eigenvalue weighted by Crippen LogP contribution is -2.53. The molecule has 0 fully saturated rings. The van der Waals surface area contributed by atoms with E-state index in [0.717, 1.165) is 11.4 Å². The number of carbonyl (C=O) groups is 1. The molecule has 0 aromatic carbocycles. The molecule has 0 spiro atoms. The number of pyridine rings is 2. The molecule has 2 aromatic heterocycles. The molecule has 0 bridgehead atoms. The van der Waals surface area contributed by atoms with Crippen LogP contribution in [-0.2, 0) is 9.53 Å². The number of nitrogens with zero attached hydrogens (tertiary/aromatic N) is 4. The van der Waals surface area contributed by atoms with Crippen LogP contribution in [0.5, 0.6) is 0 Å². The lowest BCUT2D eigenvalue weighted by Gasteiger charge is -2.11. The molecule has 0 saturated heterocycles. The van der Waals surface area contributed by atoms with Gasteiger partial charge in [0.05, 0.1) is 7.11 Å². The highest BCUT2D eigenvalue weighted by Gasteiger charge is 2.23. The van der Waals surface area contributed by atoms with Crippen molar-refractivity contribution in [2.24, 2.45) is 0 Å². The van der Waals surface area contributed by atoms with Gasteiger partial charge in [0.15, 0.2) is 30.9 Å². The van der Waals surface area contributed by atoms with Crippen LogP contribution in [0.3, 0.4) is 0 Å². The Hall–Kier alpha value is -2.89. The van der Waals surface area contributed by atoms with Gasteiger partial charge in [-0.05, 0) is 0 Å². The zero-order valence-corrected chi connectivity index (χ0v) is 14.8. The second kappa shape index (κ2) is 7.59. The molecule has 24 heavy (non-hydrogen) atoms. The number of anilines is 2. The number of esters is 1. The van der Waals surface area contributed by atoms with Crippen molar-refractivity contribution in [2.75, 3.05) is 45.1 Å². The van der Waals surface area contributed by atoms with E-state index in [0.29, 0.717) is 5.82 Å². The van der Waals surface area contributed by atoms with Gasteiger partial charge in [0.2, 0.25) is 0 Å². The van der Waals surface area contributed by atoms with E-state index in [4.69, 9.17) is 4.74 Å². The molecule has 0 aliphatic carbocycles. The number of methoxy groups -OCH3 is 1. The predicted molar refractivity (Wildman–Crippen MR) is 92.6 cm³/mol.